The van der Waals surface area contributed by atoms with Gasteiger partial charge < -0.3 is 19.7 Å². The maximum atomic E-state index is 12.6. The number of hydrogen-bond donors (Lipinski definition) is 1. The Morgan fingerprint density at radius 1 is 1.18 bits per heavy atom. The molecule has 4 heterocycles. The minimum Gasteiger partial charge on any atom is -0.454 e. The molecule has 3 aromatic rings. The molecule has 2 aliphatic heterocycles. The molecule has 2 aliphatic rings. The summed E-state index contributed by atoms with van der Waals surface area (Å²) >= 11 is 0. The van der Waals surface area contributed by atoms with E-state index in [1.807, 2.05) is 28.8 Å². The van der Waals surface area contributed by atoms with Crippen LogP contribution in [0, 0.1) is 5.92 Å². The average molecular weight is 379 g/mol. The number of ether oxygens (including phenoxy) is 2. The summed E-state index contributed by atoms with van der Waals surface area (Å²) in [7, 11) is 0. The third-order valence-corrected chi connectivity index (χ3v) is 4.97. The number of carbonyl (C=O) groups is 2. The van der Waals surface area contributed by atoms with Gasteiger partial charge in [0.05, 0.1) is 12.5 Å². The van der Waals surface area contributed by atoms with E-state index < -0.39 is 5.92 Å². The van der Waals surface area contributed by atoms with Crippen LogP contribution in [0.15, 0.2) is 42.6 Å². The van der Waals surface area contributed by atoms with Gasteiger partial charge in [-0.1, -0.05) is 6.07 Å². The SMILES string of the molecule is O=C(NCc1nnc2ccccn12)C1CC(=O)N(c2ccc3c(c2)OCO3)C1. The van der Waals surface area contributed by atoms with Crippen LogP contribution in [0.25, 0.3) is 5.65 Å². The van der Waals surface area contributed by atoms with Gasteiger partial charge in [-0.15, -0.1) is 10.2 Å². The van der Waals surface area contributed by atoms with Gasteiger partial charge in [-0.05, 0) is 24.3 Å². The molecule has 1 saturated heterocycles. The molecule has 1 unspecified atom stereocenters. The lowest BCUT2D eigenvalue weighted by atomic mass is 10.1. The molecule has 1 N–H and O–H groups in total. The van der Waals surface area contributed by atoms with Gasteiger partial charge in [0, 0.05) is 30.9 Å². The third-order valence-electron chi connectivity index (χ3n) is 4.97. The van der Waals surface area contributed by atoms with Crippen molar-refractivity contribution >= 4 is 23.1 Å². The van der Waals surface area contributed by atoms with E-state index in [0.29, 0.717) is 29.6 Å². The highest BCUT2D eigenvalue weighted by molar-refractivity contribution is 6.00. The quantitative estimate of drug-likeness (QED) is 0.730. The van der Waals surface area contributed by atoms with Crippen LogP contribution < -0.4 is 19.7 Å². The van der Waals surface area contributed by atoms with Gasteiger partial charge in [-0.3, -0.25) is 14.0 Å². The molecular formula is C19H17N5O4. The lowest BCUT2D eigenvalue weighted by molar-refractivity contribution is -0.126. The number of rotatable bonds is 4. The first-order valence-corrected chi connectivity index (χ1v) is 8.95. The fraction of sp³-hybridized carbons (Fsp3) is 0.263. The highest BCUT2D eigenvalue weighted by Crippen LogP contribution is 2.37. The second-order valence-corrected chi connectivity index (χ2v) is 6.71. The Labute approximate surface area is 159 Å². The average Bonchev–Trinajstić information content (AvgIpc) is 3.43. The Morgan fingerprint density at radius 3 is 3.00 bits per heavy atom. The minimum absolute atomic E-state index is 0.0908. The second-order valence-electron chi connectivity index (χ2n) is 6.71. The van der Waals surface area contributed by atoms with Gasteiger partial charge in [0.2, 0.25) is 18.6 Å². The standard InChI is InChI=1S/C19H17N5O4/c25-18-7-12(10-24(18)13-4-5-14-15(8-13)28-11-27-14)19(26)20-9-17-22-21-16-3-1-2-6-23(16)17/h1-6,8,12H,7,9-11H2,(H,20,26). The van der Waals surface area contributed by atoms with Crippen molar-refractivity contribution in [1.82, 2.24) is 19.9 Å². The number of aromatic nitrogens is 3. The first-order valence-electron chi connectivity index (χ1n) is 8.95. The Balaban J connectivity index is 1.26. The third kappa shape index (κ3) is 2.81. The maximum absolute atomic E-state index is 12.6. The number of carbonyl (C=O) groups excluding carboxylic acids is 2. The number of anilines is 1. The van der Waals surface area contributed by atoms with E-state index >= 15 is 0 Å². The molecule has 0 spiro atoms. The van der Waals surface area contributed by atoms with Crippen molar-refractivity contribution in [1.29, 1.82) is 0 Å². The Hall–Kier alpha value is -3.62. The van der Waals surface area contributed by atoms with Crippen molar-refractivity contribution in [2.75, 3.05) is 18.2 Å². The summed E-state index contributed by atoms with van der Waals surface area (Å²) in [6.07, 6.45) is 2.01. The van der Waals surface area contributed by atoms with Crippen molar-refractivity contribution < 1.29 is 19.1 Å². The predicted octanol–water partition coefficient (Wildman–Crippen LogP) is 1.13. The summed E-state index contributed by atoms with van der Waals surface area (Å²) < 4.78 is 12.5. The van der Waals surface area contributed by atoms with Crippen LogP contribution in [0.3, 0.4) is 0 Å². The molecule has 1 atom stereocenters. The summed E-state index contributed by atoms with van der Waals surface area (Å²) in [5.41, 5.74) is 1.42. The zero-order chi connectivity index (χ0) is 19.1. The summed E-state index contributed by atoms with van der Waals surface area (Å²) in [5.74, 6) is 1.22. The van der Waals surface area contributed by atoms with Crippen LogP contribution in [-0.2, 0) is 16.1 Å². The van der Waals surface area contributed by atoms with Crippen LogP contribution in [0.5, 0.6) is 11.5 Å². The van der Waals surface area contributed by atoms with Crippen LogP contribution in [0.4, 0.5) is 5.69 Å². The second kappa shape index (κ2) is 6.52. The van der Waals surface area contributed by atoms with E-state index in [4.69, 9.17) is 9.47 Å². The highest BCUT2D eigenvalue weighted by Gasteiger charge is 2.35. The van der Waals surface area contributed by atoms with E-state index in [2.05, 4.69) is 15.5 Å². The van der Waals surface area contributed by atoms with Crippen molar-refractivity contribution in [2.45, 2.75) is 13.0 Å². The molecule has 0 aliphatic carbocycles. The zero-order valence-electron chi connectivity index (χ0n) is 14.9. The monoisotopic (exact) mass is 379 g/mol. The van der Waals surface area contributed by atoms with Crippen molar-refractivity contribution in [3.63, 3.8) is 0 Å². The highest BCUT2D eigenvalue weighted by atomic mass is 16.7. The lowest BCUT2D eigenvalue weighted by Gasteiger charge is -2.17. The van der Waals surface area contributed by atoms with Gasteiger partial charge in [0.25, 0.3) is 0 Å². The summed E-state index contributed by atoms with van der Waals surface area (Å²) in [6, 6.07) is 10.9. The number of amides is 2. The topological polar surface area (TPSA) is 98.1 Å². The Kier molecular flexibility index (Phi) is 3.85. The first-order chi connectivity index (χ1) is 13.7. The fourth-order valence-corrected chi connectivity index (χ4v) is 3.51. The lowest BCUT2D eigenvalue weighted by Crippen LogP contribution is -2.33. The molecule has 9 heteroatoms. The largest absolute Gasteiger partial charge is 0.454 e. The Bertz CT molecular complexity index is 1080. The fourth-order valence-electron chi connectivity index (χ4n) is 3.51. The number of nitrogens with one attached hydrogen (secondary N) is 1. The molecule has 142 valence electrons. The van der Waals surface area contributed by atoms with Crippen LogP contribution in [-0.4, -0.2) is 39.8 Å². The summed E-state index contributed by atoms with van der Waals surface area (Å²) in [4.78, 5) is 26.6. The van der Waals surface area contributed by atoms with Gasteiger partial charge in [-0.25, -0.2) is 0 Å². The zero-order valence-corrected chi connectivity index (χ0v) is 14.9. The number of benzene rings is 1. The first kappa shape index (κ1) is 16.5. The van der Waals surface area contributed by atoms with E-state index in [-0.39, 0.29) is 31.6 Å². The van der Waals surface area contributed by atoms with Crippen molar-refractivity contribution in [3.05, 3.63) is 48.4 Å². The van der Waals surface area contributed by atoms with Crippen LogP contribution >= 0.6 is 0 Å². The smallest absolute Gasteiger partial charge is 0.231 e. The molecule has 2 aromatic heterocycles. The normalized spacial score (nSPS) is 18.1. The number of fused-ring (bicyclic) bond motifs is 2. The number of pyridine rings is 1. The molecular weight excluding hydrogens is 362 g/mol. The van der Waals surface area contributed by atoms with E-state index in [9.17, 15) is 9.59 Å². The van der Waals surface area contributed by atoms with Gasteiger partial charge in [0.1, 0.15) is 0 Å². The number of hydrogen-bond acceptors (Lipinski definition) is 6. The van der Waals surface area contributed by atoms with Gasteiger partial charge >= 0.3 is 0 Å². The van der Waals surface area contributed by atoms with E-state index in [0.717, 1.165) is 5.65 Å². The maximum Gasteiger partial charge on any atom is 0.231 e. The molecule has 5 rings (SSSR count). The van der Waals surface area contributed by atoms with E-state index in [1.165, 1.54) is 0 Å². The summed E-state index contributed by atoms with van der Waals surface area (Å²) in [5, 5.41) is 11.0. The van der Waals surface area contributed by atoms with Gasteiger partial charge in [-0.2, -0.15) is 0 Å². The van der Waals surface area contributed by atoms with E-state index in [1.54, 1.807) is 23.1 Å². The molecule has 0 saturated carbocycles. The Morgan fingerprint density at radius 2 is 2.07 bits per heavy atom. The molecule has 2 amide bonds. The molecule has 1 aromatic carbocycles. The summed E-state index contributed by atoms with van der Waals surface area (Å²) in [6.45, 7) is 0.749. The molecule has 1 fully saturated rings. The minimum atomic E-state index is -0.419. The molecule has 28 heavy (non-hydrogen) atoms. The van der Waals surface area contributed by atoms with Gasteiger partial charge in [0.15, 0.2) is 23.0 Å². The van der Waals surface area contributed by atoms with Crippen LogP contribution in [0.1, 0.15) is 12.2 Å². The van der Waals surface area contributed by atoms with Crippen molar-refractivity contribution in [3.8, 4) is 11.5 Å². The molecule has 0 bridgehead atoms. The number of nitrogens with zero attached hydrogens (tertiary/aromatic N) is 4. The molecule has 9 nitrogen and oxygen atoms in total. The predicted molar refractivity (Wildman–Crippen MR) is 97.9 cm³/mol. The van der Waals surface area contributed by atoms with Crippen LogP contribution in [0.2, 0.25) is 0 Å². The van der Waals surface area contributed by atoms with Crippen molar-refractivity contribution in [2.24, 2.45) is 5.92 Å². The molecule has 0 radical (unpaired) electrons.